The predicted octanol–water partition coefficient (Wildman–Crippen LogP) is 11.5. The van der Waals surface area contributed by atoms with Gasteiger partial charge in [0.25, 0.3) is 0 Å². The lowest BCUT2D eigenvalue weighted by atomic mass is 9.74. The van der Waals surface area contributed by atoms with Crippen LogP contribution < -0.4 is 0 Å². The zero-order chi connectivity index (χ0) is 29.0. The summed E-state index contributed by atoms with van der Waals surface area (Å²) in [5.41, 5.74) is 9.57. The average molecular weight is 561 g/mol. The fourth-order valence-electron chi connectivity index (χ4n) is 7.93. The molecule has 0 amide bonds. The Morgan fingerprint density at radius 2 is 1.18 bits per heavy atom. The number of fused-ring (bicyclic) bond motifs is 5. The summed E-state index contributed by atoms with van der Waals surface area (Å²) in [5, 5.41) is 7.96. The smallest absolute Gasteiger partial charge is 0.0125 e. The molecule has 0 saturated carbocycles. The minimum atomic E-state index is 0.351. The molecule has 0 bridgehead atoms. The Labute approximate surface area is 258 Å². The van der Waals surface area contributed by atoms with Crippen LogP contribution in [0.5, 0.6) is 0 Å². The van der Waals surface area contributed by atoms with Crippen molar-refractivity contribution in [2.24, 2.45) is 11.8 Å². The maximum atomic E-state index is 2.47. The van der Waals surface area contributed by atoms with Gasteiger partial charge in [-0.05, 0) is 77.7 Å². The summed E-state index contributed by atoms with van der Waals surface area (Å²) in [6.45, 7) is 0. The molecule has 6 aromatic carbocycles. The molecule has 0 fully saturated rings. The van der Waals surface area contributed by atoms with Crippen LogP contribution in [0.15, 0.2) is 158 Å². The lowest BCUT2D eigenvalue weighted by molar-refractivity contribution is 0.679. The molecular formula is C44H32. The van der Waals surface area contributed by atoms with E-state index in [-0.39, 0.29) is 0 Å². The van der Waals surface area contributed by atoms with Crippen molar-refractivity contribution in [3.05, 3.63) is 180 Å². The highest BCUT2D eigenvalue weighted by Crippen LogP contribution is 2.47. The van der Waals surface area contributed by atoms with Crippen molar-refractivity contribution < 1.29 is 0 Å². The van der Waals surface area contributed by atoms with Gasteiger partial charge in [-0.1, -0.05) is 164 Å². The molecule has 9 rings (SSSR count). The normalized spacial score (nSPS) is 20.2. The van der Waals surface area contributed by atoms with Crippen LogP contribution in [0.1, 0.15) is 28.2 Å². The van der Waals surface area contributed by atoms with Crippen molar-refractivity contribution in [2.45, 2.75) is 12.3 Å². The Balaban J connectivity index is 1.22. The molecule has 208 valence electrons. The number of rotatable bonds is 3. The summed E-state index contributed by atoms with van der Waals surface area (Å²) >= 11 is 0. The molecule has 3 aliphatic carbocycles. The van der Waals surface area contributed by atoms with E-state index in [2.05, 4.69) is 164 Å². The molecule has 0 aliphatic heterocycles. The van der Waals surface area contributed by atoms with Crippen molar-refractivity contribution in [1.82, 2.24) is 0 Å². The van der Waals surface area contributed by atoms with E-state index < -0.39 is 0 Å². The second-order valence-electron chi connectivity index (χ2n) is 12.4. The van der Waals surface area contributed by atoms with Crippen LogP contribution in [0.25, 0.3) is 55.1 Å². The third-order valence-corrected chi connectivity index (χ3v) is 9.97. The Bertz CT molecular complexity index is 2210. The molecule has 0 radical (unpaired) electrons. The van der Waals surface area contributed by atoms with Crippen LogP contribution in [0.2, 0.25) is 0 Å². The van der Waals surface area contributed by atoms with Gasteiger partial charge in [0.05, 0.1) is 0 Å². The molecular weight excluding hydrogens is 528 g/mol. The fourth-order valence-corrected chi connectivity index (χ4v) is 7.93. The lowest BCUT2D eigenvalue weighted by Gasteiger charge is -2.29. The topological polar surface area (TPSA) is 0 Å². The van der Waals surface area contributed by atoms with Gasteiger partial charge in [-0.15, -0.1) is 0 Å². The maximum absolute atomic E-state index is 2.47. The Hall–Kier alpha value is -5.20. The molecule has 44 heavy (non-hydrogen) atoms. The number of hydrogen-bond acceptors (Lipinski definition) is 0. The van der Waals surface area contributed by atoms with E-state index in [9.17, 15) is 0 Å². The van der Waals surface area contributed by atoms with Crippen molar-refractivity contribution in [2.75, 3.05) is 0 Å². The van der Waals surface area contributed by atoms with Gasteiger partial charge < -0.3 is 0 Å². The summed E-state index contributed by atoms with van der Waals surface area (Å²) < 4.78 is 0. The molecule has 3 atom stereocenters. The van der Waals surface area contributed by atoms with Crippen molar-refractivity contribution in [3.63, 3.8) is 0 Å². The van der Waals surface area contributed by atoms with Crippen molar-refractivity contribution >= 4 is 44.0 Å². The van der Waals surface area contributed by atoms with E-state index >= 15 is 0 Å². The Morgan fingerprint density at radius 1 is 0.523 bits per heavy atom. The van der Waals surface area contributed by atoms with Crippen LogP contribution in [0, 0.1) is 11.8 Å². The van der Waals surface area contributed by atoms with E-state index in [0.717, 1.165) is 6.42 Å². The molecule has 0 spiro atoms. The highest BCUT2D eigenvalue weighted by Gasteiger charge is 2.27. The van der Waals surface area contributed by atoms with Crippen LogP contribution >= 0.6 is 0 Å². The van der Waals surface area contributed by atoms with E-state index in [4.69, 9.17) is 0 Å². The van der Waals surface area contributed by atoms with Crippen molar-refractivity contribution in [3.8, 4) is 11.1 Å². The largest absolute Gasteiger partial charge is 0.0767 e. The first kappa shape index (κ1) is 25.3. The molecule has 0 aromatic heterocycles. The van der Waals surface area contributed by atoms with Gasteiger partial charge in [0.2, 0.25) is 0 Å². The van der Waals surface area contributed by atoms with E-state index in [1.807, 2.05) is 0 Å². The van der Waals surface area contributed by atoms with Gasteiger partial charge in [0, 0.05) is 17.8 Å². The summed E-state index contributed by atoms with van der Waals surface area (Å²) in [5.74, 6) is 1.11. The lowest BCUT2D eigenvalue weighted by Crippen LogP contribution is -2.15. The highest BCUT2D eigenvalue weighted by molar-refractivity contribution is 6.19. The van der Waals surface area contributed by atoms with Gasteiger partial charge in [0.15, 0.2) is 0 Å². The fraction of sp³-hybridized carbons (Fsp3) is 0.0909. The van der Waals surface area contributed by atoms with E-state index in [1.165, 1.54) is 71.3 Å². The SMILES string of the molecule is C1=CC2C=CC=C(c3c4ccccc4c(-c4ccc5c(c4)CC(c4cccc6ccccc46)C=C5)c4ccccc34)C2C=C1. The standard InChI is InChI=1S/C44H32/c1-3-15-35-30(11-1)13-9-21-37(35)32-25-23-29-24-26-33(28-34(29)27-32)43-39-17-5-7-19-41(39)44(42-20-8-6-18-40(42)43)38-22-10-14-31-12-2-4-16-36(31)38/h1-26,28,31-32,36H,27H2. The third kappa shape index (κ3) is 3.98. The van der Waals surface area contributed by atoms with Gasteiger partial charge in [0.1, 0.15) is 0 Å². The predicted molar refractivity (Wildman–Crippen MR) is 189 cm³/mol. The molecule has 0 heteroatoms. The molecule has 6 aromatic rings. The first-order chi connectivity index (χ1) is 21.8. The van der Waals surface area contributed by atoms with Gasteiger partial charge in [-0.2, -0.15) is 0 Å². The van der Waals surface area contributed by atoms with Crippen LogP contribution in [0.3, 0.4) is 0 Å². The average Bonchev–Trinajstić information content (AvgIpc) is 3.09. The molecule has 0 N–H and O–H groups in total. The first-order valence-corrected chi connectivity index (χ1v) is 15.8. The maximum Gasteiger partial charge on any atom is 0.0125 e. The minimum absolute atomic E-state index is 0.351. The summed E-state index contributed by atoms with van der Waals surface area (Å²) in [6.07, 6.45) is 21.8. The summed E-state index contributed by atoms with van der Waals surface area (Å²) in [4.78, 5) is 0. The van der Waals surface area contributed by atoms with E-state index in [1.54, 1.807) is 0 Å². The first-order valence-electron chi connectivity index (χ1n) is 15.8. The second-order valence-corrected chi connectivity index (χ2v) is 12.4. The number of allylic oxidation sites excluding steroid dienone is 9. The van der Waals surface area contributed by atoms with Gasteiger partial charge in [-0.25, -0.2) is 0 Å². The van der Waals surface area contributed by atoms with Gasteiger partial charge >= 0.3 is 0 Å². The van der Waals surface area contributed by atoms with Crippen molar-refractivity contribution in [1.29, 1.82) is 0 Å². The van der Waals surface area contributed by atoms with Crippen LogP contribution in [0.4, 0.5) is 0 Å². The van der Waals surface area contributed by atoms with Crippen LogP contribution in [-0.2, 0) is 6.42 Å². The molecule has 3 aliphatic rings. The Kier molecular flexibility index (Phi) is 5.87. The zero-order valence-corrected chi connectivity index (χ0v) is 24.5. The third-order valence-electron chi connectivity index (χ3n) is 9.97. The second kappa shape index (κ2) is 10.2. The van der Waals surface area contributed by atoms with E-state index in [0.29, 0.717) is 17.8 Å². The van der Waals surface area contributed by atoms with Crippen LogP contribution in [-0.4, -0.2) is 0 Å². The quantitative estimate of drug-likeness (QED) is 0.189. The molecule has 0 heterocycles. The monoisotopic (exact) mass is 560 g/mol. The molecule has 3 unspecified atom stereocenters. The molecule has 0 nitrogen and oxygen atoms in total. The Morgan fingerprint density at radius 3 is 1.98 bits per heavy atom. The zero-order valence-electron chi connectivity index (χ0n) is 24.5. The highest BCUT2D eigenvalue weighted by atomic mass is 14.3. The summed E-state index contributed by atoms with van der Waals surface area (Å²) in [7, 11) is 0. The minimum Gasteiger partial charge on any atom is -0.0767 e. The number of benzene rings is 6. The summed E-state index contributed by atoms with van der Waals surface area (Å²) in [6, 6.07) is 40.7. The molecule has 0 saturated heterocycles. The number of hydrogen-bond donors (Lipinski definition) is 0. The van der Waals surface area contributed by atoms with Gasteiger partial charge in [-0.3, -0.25) is 0 Å².